The van der Waals surface area contributed by atoms with Gasteiger partial charge in [0.1, 0.15) is 10.8 Å². The monoisotopic (exact) mass is 531 g/mol. The van der Waals surface area contributed by atoms with E-state index in [0.29, 0.717) is 17.0 Å². The Balaban J connectivity index is 1.28. The molecule has 0 spiro atoms. The lowest BCUT2D eigenvalue weighted by atomic mass is 9.95. The zero-order chi connectivity index (χ0) is 25.6. The standard InChI is InChI=1S/C28H29N5O2S2/c1-2-33-23(17-19-11-5-3-6-12-19)31-32-28(33)36-18-24(34)30-27-25(21-15-9-10-16-22(21)37-27)26(35)29-20-13-7-4-8-14-20/h3-8,11-14H,2,9-10,15-18H2,1H3,(H,29,35)(H,30,34). The molecule has 0 atom stereocenters. The molecule has 5 rings (SSSR count). The van der Waals surface area contributed by atoms with Gasteiger partial charge < -0.3 is 15.2 Å². The molecule has 0 fully saturated rings. The van der Waals surface area contributed by atoms with Crippen molar-refractivity contribution in [2.24, 2.45) is 0 Å². The molecule has 0 saturated carbocycles. The van der Waals surface area contributed by atoms with Crippen LogP contribution in [0.5, 0.6) is 0 Å². The van der Waals surface area contributed by atoms with Crippen molar-refractivity contribution in [2.45, 2.75) is 50.7 Å². The van der Waals surface area contributed by atoms with Crippen LogP contribution >= 0.6 is 23.1 Å². The lowest BCUT2D eigenvalue weighted by Crippen LogP contribution is -2.19. The number of fused-ring (bicyclic) bond motifs is 1. The number of benzene rings is 2. The smallest absolute Gasteiger partial charge is 0.258 e. The zero-order valence-electron chi connectivity index (χ0n) is 20.7. The number of thioether (sulfide) groups is 1. The summed E-state index contributed by atoms with van der Waals surface area (Å²) < 4.78 is 2.05. The molecule has 2 aromatic heterocycles. The molecule has 4 aromatic rings. The second kappa shape index (κ2) is 11.7. The zero-order valence-corrected chi connectivity index (χ0v) is 22.3. The largest absolute Gasteiger partial charge is 0.322 e. The molecular formula is C28H29N5O2S2. The van der Waals surface area contributed by atoms with Crippen LogP contribution in [0.3, 0.4) is 0 Å². The van der Waals surface area contributed by atoms with Crippen LogP contribution in [0.15, 0.2) is 65.8 Å². The van der Waals surface area contributed by atoms with Gasteiger partial charge in [0.15, 0.2) is 5.16 Å². The first-order chi connectivity index (χ1) is 18.1. The number of rotatable bonds is 9. The molecule has 7 nitrogen and oxygen atoms in total. The van der Waals surface area contributed by atoms with Gasteiger partial charge in [-0.25, -0.2) is 0 Å². The van der Waals surface area contributed by atoms with Crippen molar-refractivity contribution in [3.05, 3.63) is 88.1 Å². The van der Waals surface area contributed by atoms with Gasteiger partial charge in [-0.1, -0.05) is 60.3 Å². The predicted octanol–water partition coefficient (Wildman–Crippen LogP) is 5.81. The minimum Gasteiger partial charge on any atom is -0.322 e. The Kier molecular flexibility index (Phi) is 8.01. The Labute approximate surface area is 224 Å². The van der Waals surface area contributed by atoms with Gasteiger partial charge >= 0.3 is 0 Å². The minimum absolute atomic E-state index is 0.160. The number of anilines is 2. The Bertz CT molecular complexity index is 1380. The molecule has 37 heavy (non-hydrogen) atoms. The summed E-state index contributed by atoms with van der Waals surface area (Å²) in [7, 11) is 0. The van der Waals surface area contributed by atoms with E-state index in [4.69, 9.17) is 0 Å². The van der Waals surface area contributed by atoms with Crippen LogP contribution in [-0.2, 0) is 30.6 Å². The molecule has 0 aliphatic heterocycles. The maximum atomic E-state index is 13.3. The first-order valence-corrected chi connectivity index (χ1v) is 14.3. The molecule has 190 valence electrons. The van der Waals surface area contributed by atoms with E-state index in [1.54, 1.807) is 0 Å². The lowest BCUT2D eigenvalue weighted by Gasteiger charge is -2.13. The number of nitrogens with one attached hydrogen (secondary N) is 2. The molecule has 2 heterocycles. The first kappa shape index (κ1) is 25.2. The van der Waals surface area contributed by atoms with Crippen LogP contribution < -0.4 is 10.6 Å². The van der Waals surface area contributed by atoms with Gasteiger partial charge in [-0.15, -0.1) is 21.5 Å². The van der Waals surface area contributed by atoms with E-state index in [2.05, 4.69) is 39.9 Å². The average molecular weight is 532 g/mol. The number of thiophene rings is 1. The number of amides is 2. The fraction of sp³-hybridized carbons (Fsp3) is 0.286. The van der Waals surface area contributed by atoms with Crippen molar-refractivity contribution in [1.82, 2.24) is 14.8 Å². The molecule has 0 radical (unpaired) electrons. The Morgan fingerprint density at radius 3 is 2.46 bits per heavy atom. The van der Waals surface area contributed by atoms with Gasteiger partial charge in [-0.3, -0.25) is 9.59 Å². The van der Waals surface area contributed by atoms with Crippen molar-refractivity contribution >= 4 is 45.6 Å². The van der Waals surface area contributed by atoms with Crippen molar-refractivity contribution in [2.75, 3.05) is 16.4 Å². The summed E-state index contributed by atoms with van der Waals surface area (Å²) in [6.07, 6.45) is 4.65. The van der Waals surface area contributed by atoms with Gasteiger partial charge in [-0.05, 0) is 55.9 Å². The number of aromatic nitrogens is 3. The summed E-state index contributed by atoms with van der Waals surface area (Å²) >= 11 is 2.89. The number of hydrogen-bond acceptors (Lipinski definition) is 6. The second-order valence-corrected chi connectivity index (χ2v) is 10.9. The minimum atomic E-state index is -0.176. The van der Waals surface area contributed by atoms with Crippen molar-refractivity contribution in [1.29, 1.82) is 0 Å². The topological polar surface area (TPSA) is 88.9 Å². The summed E-state index contributed by atoms with van der Waals surface area (Å²) in [5, 5.41) is 16.1. The molecule has 0 bridgehead atoms. The maximum Gasteiger partial charge on any atom is 0.258 e. The van der Waals surface area contributed by atoms with Gasteiger partial charge in [0.2, 0.25) is 5.91 Å². The van der Waals surface area contributed by atoms with E-state index in [0.717, 1.165) is 54.5 Å². The quantitative estimate of drug-likeness (QED) is 0.266. The second-order valence-electron chi connectivity index (χ2n) is 8.88. The van der Waals surface area contributed by atoms with Crippen molar-refractivity contribution in [3.63, 3.8) is 0 Å². The average Bonchev–Trinajstić information content (AvgIpc) is 3.48. The van der Waals surface area contributed by atoms with E-state index in [9.17, 15) is 9.59 Å². The lowest BCUT2D eigenvalue weighted by molar-refractivity contribution is -0.113. The first-order valence-electron chi connectivity index (χ1n) is 12.5. The highest BCUT2D eigenvalue weighted by Gasteiger charge is 2.26. The maximum absolute atomic E-state index is 13.3. The van der Waals surface area contributed by atoms with Gasteiger partial charge in [0, 0.05) is 23.5 Å². The number of aryl methyl sites for hydroxylation is 1. The third-order valence-electron chi connectivity index (χ3n) is 6.33. The Hall–Kier alpha value is -3.43. The van der Waals surface area contributed by atoms with Crippen LogP contribution in [0.4, 0.5) is 10.7 Å². The van der Waals surface area contributed by atoms with Crippen LogP contribution in [0.25, 0.3) is 0 Å². The molecular weight excluding hydrogens is 502 g/mol. The van der Waals surface area contributed by atoms with Crippen molar-refractivity contribution in [3.8, 4) is 0 Å². The summed E-state index contributed by atoms with van der Waals surface area (Å²) in [4.78, 5) is 27.5. The van der Waals surface area contributed by atoms with Gasteiger partial charge in [0.25, 0.3) is 5.91 Å². The Morgan fingerprint density at radius 2 is 1.70 bits per heavy atom. The van der Waals surface area contributed by atoms with E-state index < -0.39 is 0 Å². The Morgan fingerprint density at radius 1 is 0.973 bits per heavy atom. The third kappa shape index (κ3) is 5.94. The highest BCUT2D eigenvalue weighted by atomic mass is 32.2. The molecule has 0 unspecified atom stereocenters. The highest BCUT2D eigenvalue weighted by molar-refractivity contribution is 7.99. The third-order valence-corrected chi connectivity index (χ3v) is 8.50. The fourth-order valence-corrected chi connectivity index (χ4v) is 6.68. The molecule has 9 heteroatoms. The van der Waals surface area contributed by atoms with Crippen LogP contribution in [0.1, 0.15) is 52.0 Å². The molecule has 0 saturated heterocycles. The molecule has 2 N–H and O–H groups in total. The number of para-hydroxylation sites is 1. The summed E-state index contributed by atoms with van der Waals surface area (Å²) in [5.41, 5.74) is 3.58. The van der Waals surface area contributed by atoms with E-state index >= 15 is 0 Å². The number of nitrogens with zero attached hydrogens (tertiary/aromatic N) is 3. The predicted molar refractivity (Wildman–Crippen MR) is 150 cm³/mol. The van der Waals surface area contributed by atoms with Crippen LogP contribution in [0.2, 0.25) is 0 Å². The summed E-state index contributed by atoms with van der Waals surface area (Å²) in [5.74, 6) is 0.728. The van der Waals surface area contributed by atoms with Crippen LogP contribution in [0, 0.1) is 0 Å². The summed E-state index contributed by atoms with van der Waals surface area (Å²) in [6, 6.07) is 19.6. The SMILES string of the molecule is CCn1c(Cc2ccccc2)nnc1SCC(=O)Nc1sc2c(c1C(=O)Nc1ccccc1)CCCC2. The molecule has 1 aliphatic carbocycles. The van der Waals surface area contributed by atoms with Gasteiger partial charge in [0.05, 0.1) is 11.3 Å². The van der Waals surface area contributed by atoms with E-state index in [1.165, 1.54) is 33.5 Å². The van der Waals surface area contributed by atoms with Crippen LogP contribution in [-0.4, -0.2) is 32.3 Å². The highest BCUT2D eigenvalue weighted by Crippen LogP contribution is 2.38. The van der Waals surface area contributed by atoms with E-state index in [1.807, 2.05) is 53.1 Å². The van der Waals surface area contributed by atoms with E-state index in [-0.39, 0.29) is 17.6 Å². The number of hydrogen-bond donors (Lipinski definition) is 2. The molecule has 2 amide bonds. The molecule has 2 aromatic carbocycles. The fourth-order valence-electron chi connectivity index (χ4n) is 4.55. The van der Waals surface area contributed by atoms with Crippen molar-refractivity contribution < 1.29 is 9.59 Å². The number of carbonyl (C=O) groups is 2. The summed E-state index contributed by atoms with van der Waals surface area (Å²) in [6.45, 7) is 2.77. The molecule has 1 aliphatic rings. The normalized spacial score (nSPS) is 12.7. The van der Waals surface area contributed by atoms with Gasteiger partial charge in [-0.2, -0.15) is 0 Å². The number of carbonyl (C=O) groups excluding carboxylic acids is 2.